The van der Waals surface area contributed by atoms with Gasteiger partial charge in [-0.25, -0.2) is 0 Å². The summed E-state index contributed by atoms with van der Waals surface area (Å²) in [5.74, 6) is 0. The molecule has 0 unspecified atom stereocenters. The van der Waals surface area contributed by atoms with E-state index in [-0.39, 0.29) is 6.29 Å². The Labute approximate surface area is 57.3 Å². The van der Waals surface area contributed by atoms with Crippen molar-refractivity contribution in [3.05, 3.63) is 0 Å². The van der Waals surface area contributed by atoms with Crippen molar-refractivity contribution in [2.45, 2.75) is 12.7 Å². The van der Waals surface area contributed by atoms with Gasteiger partial charge in [-0.3, -0.25) is 0 Å². The Morgan fingerprint density at radius 3 is 2.38 bits per heavy atom. The zero-order chi connectivity index (χ0) is 5.82. The van der Waals surface area contributed by atoms with Crippen molar-refractivity contribution in [3.63, 3.8) is 0 Å². The van der Waals surface area contributed by atoms with E-state index in [9.17, 15) is 0 Å². The molecule has 0 spiro atoms. The normalized spacial score (nSPS) is 23.6. The Balaban J connectivity index is 2.13. The van der Waals surface area contributed by atoms with Crippen LogP contribution in [-0.2, 0) is 9.47 Å². The van der Waals surface area contributed by atoms with Gasteiger partial charge in [0.25, 0.3) is 0 Å². The summed E-state index contributed by atoms with van der Waals surface area (Å²) in [6.07, 6.45) is 1.03. The van der Waals surface area contributed by atoms with E-state index < -0.39 is 0 Å². The van der Waals surface area contributed by atoms with Gasteiger partial charge >= 0.3 is 0 Å². The summed E-state index contributed by atoms with van der Waals surface area (Å²) in [6.45, 7) is 1.69. The van der Waals surface area contributed by atoms with Gasteiger partial charge in [0.05, 0.1) is 18.5 Å². The average molecular weight is 181 g/mol. The molecule has 1 saturated heterocycles. The lowest BCUT2D eigenvalue weighted by atomic mass is 10.4. The topological polar surface area (TPSA) is 18.5 Å². The van der Waals surface area contributed by atoms with Crippen LogP contribution in [0.15, 0.2) is 0 Å². The minimum absolute atomic E-state index is 0.00347. The van der Waals surface area contributed by atoms with Crippen LogP contribution in [0.3, 0.4) is 0 Å². The quantitative estimate of drug-likeness (QED) is 0.564. The molecule has 1 aliphatic rings. The third-order valence-electron chi connectivity index (χ3n) is 1.02. The molecule has 1 heterocycles. The van der Waals surface area contributed by atoms with Crippen molar-refractivity contribution >= 4 is 15.9 Å². The first-order valence-corrected chi connectivity index (χ1v) is 3.85. The average Bonchev–Trinajstić information content (AvgIpc) is 1.90. The summed E-state index contributed by atoms with van der Waals surface area (Å²) in [6, 6.07) is 0. The summed E-state index contributed by atoms with van der Waals surface area (Å²) in [5.41, 5.74) is 0. The molecule has 2 nitrogen and oxygen atoms in total. The highest BCUT2D eigenvalue weighted by atomic mass is 79.9. The summed E-state index contributed by atoms with van der Waals surface area (Å²) in [7, 11) is 0. The maximum Gasteiger partial charge on any atom is 0.167 e. The van der Waals surface area contributed by atoms with Crippen LogP contribution in [0.4, 0.5) is 0 Å². The molecule has 0 saturated carbocycles. The second kappa shape index (κ2) is 3.43. The molecule has 0 amide bonds. The van der Waals surface area contributed by atoms with Gasteiger partial charge in [0.2, 0.25) is 0 Å². The van der Waals surface area contributed by atoms with E-state index in [0.29, 0.717) is 0 Å². The van der Waals surface area contributed by atoms with Crippen molar-refractivity contribution in [1.29, 1.82) is 0 Å². The predicted molar refractivity (Wildman–Crippen MR) is 34.1 cm³/mol. The van der Waals surface area contributed by atoms with Crippen molar-refractivity contribution in [2.75, 3.05) is 18.5 Å². The number of hydrogen-bond acceptors (Lipinski definition) is 2. The molecular formula is C5H9BrO2. The van der Waals surface area contributed by atoms with E-state index in [1.165, 1.54) is 0 Å². The Bertz CT molecular complexity index is 61.4. The number of hydrogen-bond donors (Lipinski definition) is 0. The predicted octanol–water partition coefficient (Wildman–Crippen LogP) is 1.14. The molecule has 1 fully saturated rings. The highest BCUT2D eigenvalue weighted by Crippen LogP contribution is 2.05. The Hall–Kier alpha value is 0.400. The van der Waals surface area contributed by atoms with Crippen LogP contribution in [0.25, 0.3) is 0 Å². The van der Waals surface area contributed by atoms with Crippen LogP contribution < -0.4 is 0 Å². The van der Waals surface area contributed by atoms with Gasteiger partial charge < -0.3 is 9.47 Å². The maximum absolute atomic E-state index is 5.16. The van der Waals surface area contributed by atoms with Crippen molar-refractivity contribution in [2.24, 2.45) is 0 Å². The first kappa shape index (κ1) is 6.52. The van der Waals surface area contributed by atoms with E-state index in [2.05, 4.69) is 15.9 Å². The minimum Gasteiger partial charge on any atom is -0.352 e. The van der Waals surface area contributed by atoms with E-state index >= 15 is 0 Å². The van der Waals surface area contributed by atoms with E-state index in [0.717, 1.165) is 25.0 Å². The van der Waals surface area contributed by atoms with Crippen LogP contribution in [0.2, 0.25) is 0 Å². The smallest absolute Gasteiger partial charge is 0.167 e. The molecule has 3 heteroatoms. The molecule has 1 aliphatic heterocycles. The summed E-state index contributed by atoms with van der Waals surface area (Å²) in [4.78, 5) is 0. The third kappa shape index (κ3) is 1.73. The standard InChI is InChI=1S/C5H9BrO2/c6-4-5-7-2-1-3-8-5/h5H,1-4H2. The molecule has 0 aliphatic carbocycles. The van der Waals surface area contributed by atoms with Crippen LogP contribution in [0, 0.1) is 0 Å². The Morgan fingerprint density at radius 1 is 1.38 bits per heavy atom. The Morgan fingerprint density at radius 2 is 2.00 bits per heavy atom. The van der Waals surface area contributed by atoms with E-state index in [1.807, 2.05) is 0 Å². The molecule has 0 radical (unpaired) electrons. The van der Waals surface area contributed by atoms with Gasteiger partial charge in [0, 0.05) is 0 Å². The molecule has 0 atom stereocenters. The fourth-order valence-corrected chi connectivity index (χ4v) is 1.000. The highest BCUT2D eigenvalue weighted by Gasteiger charge is 2.10. The fraction of sp³-hybridized carbons (Fsp3) is 1.00. The van der Waals surface area contributed by atoms with Gasteiger partial charge in [-0.15, -0.1) is 0 Å². The summed E-state index contributed by atoms with van der Waals surface area (Å²) in [5, 5.41) is 0.785. The largest absolute Gasteiger partial charge is 0.352 e. The van der Waals surface area contributed by atoms with Gasteiger partial charge in [0.1, 0.15) is 0 Å². The molecule has 0 bridgehead atoms. The van der Waals surface area contributed by atoms with E-state index in [1.54, 1.807) is 0 Å². The molecule has 1 rings (SSSR count). The van der Waals surface area contributed by atoms with Crippen LogP contribution in [-0.4, -0.2) is 24.8 Å². The van der Waals surface area contributed by atoms with Gasteiger partial charge in [-0.1, -0.05) is 15.9 Å². The molecule has 48 valence electrons. The van der Waals surface area contributed by atoms with Crippen molar-refractivity contribution < 1.29 is 9.47 Å². The summed E-state index contributed by atoms with van der Waals surface area (Å²) < 4.78 is 10.3. The molecule has 0 aromatic carbocycles. The van der Waals surface area contributed by atoms with Crippen LogP contribution in [0.5, 0.6) is 0 Å². The third-order valence-corrected chi connectivity index (χ3v) is 1.55. The van der Waals surface area contributed by atoms with Crippen molar-refractivity contribution in [3.8, 4) is 0 Å². The van der Waals surface area contributed by atoms with Gasteiger partial charge in [0.15, 0.2) is 6.29 Å². The maximum atomic E-state index is 5.16. The first-order chi connectivity index (χ1) is 3.93. The lowest BCUT2D eigenvalue weighted by Crippen LogP contribution is -2.25. The number of rotatable bonds is 1. The van der Waals surface area contributed by atoms with Gasteiger partial charge in [-0.05, 0) is 6.42 Å². The summed E-state index contributed by atoms with van der Waals surface area (Å²) >= 11 is 3.26. The molecule has 8 heavy (non-hydrogen) atoms. The first-order valence-electron chi connectivity index (χ1n) is 2.72. The molecular weight excluding hydrogens is 172 g/mol. The number of alkyl halides is 1. The number of ether oxygens (including phenoxy) is 2. The zero-order valence-corrected chi connectivity index (χ0v) is 6.19. The molecule has 0 aromatic rings. The molecule has 0 N–H and O–H groups in total. The van der Waals surface area contributed by atoms with Crippen molar-refractivity contribution in [1.82, 2.24) is 0 Å². The second-order valence-electron chi connectivity index (χ2n) is 1.68. The lowest BCUT2D eigenvalue weighted by Gasteiger charge is -2.20. The van der Waals surface area contributed by atoms with E-state index in [4.69, 9.17) is 9.47 Å². The van der Waals surface area contributed by atoms with Crippen LogP contribution in [0.1, 0.15) is 6.42 Å². The fourth-order valence-electron chi connectivity index (χ4n) is 0.626. The highest BCUT2D eigenvalue weighted by molar-refractivity contribution is 9.09. The molecule has 0 aromatic heterocycles. The number of halogens is 1. The monoisotopic (exact) mass is 180 g/mol. The van der Waals surface area contributed by atoms with Gasteiger partial charge in [-0.2, -0.15) is 0 Å². The second-order valence-corrected chi connectivity index (χ2v) is 2.33. The van der Waals surface area contributed by atoms with Crippen LogP contribution >= 0.6 is 15.9 Å². The Kier molecular flexibility index (Phi) is 2.80. The SMILES string of the molecule is BrCC1OCCCO1. The minimum atomic E-state index is 0.00347. The zero-order valence-electron chi connectivity index (χ0n) is 4.60. The lowest BCUT2D eigenvalue weighted by molar-refractivity contribution is -0.163.